The summed E-state index contributed by atoms with van der Waals surface area (Å²) in [5, 5.41) is 19.7. The van der Waals surface area contributed by atoms with Crippen LogP contribution in [0.15, 0.2) is 60.7 Å². The van der Waals surface area contributed by atoms with Gasteiger partial charge in [0, 0.05) is 6.54 Å². The van der Waals surface area contributed by atoms with Gasteiger partial charge in [0.25, 0.3) is 0 Å². The van der Waals surface area contributed by atoms with Crippen LogP contribution in [0.1, 0.15) is 24.0 Å². The standard InChI is InChI=1S/C9H11NO2.C7H9N.C5H9NO2/c10-8(9(11)12)6-7-4-2-1-3-5-7;8-6-7-4-2-1-3-5-7;7-5(8)4-2-1-3-6-4/h1-5,8H,6,10H2,(H,11,12);1-5H,6,8H2;4,6H,1-3H2,(H,7,8)/t8-;;4-/m0.0/s1. The number of carbonyl (C=O) groups is 2. The van der Waals surface area contributed by atoms with Crippen molar-refractivity contribution < 1.29 is 19.8 Å². The molecule has 1 aliphatic rings. The summed E-state index contributed by atoms with van der Waals surface area (Å²) in [6.45, 7) is 1.50. The van der Waals surface area contributed by atoms with E-state index in [0.717, 1.165) is 24.9 Å². The molecule has 0 bridgehead atoms. The monoisotopic (exact) mass is 387 g/mol. The van der Waals surface area contributed by atoms with Gasteiger partial charge in [-0.25, -0.2) is 0 Å². The molecule has 2 aromatic rings. The fourth-order valence-electron chi connectivity index (χ4n) is 2.46. The van der Waals surface area contributed by atoms with Crippen molar-refractivity contribution in [3.63, 3.8) is 0 Å². The highest BCUT2D eigenvalue weighted by Crippen LogP contribution is 2.03. The third-order valence-electron chi connectivity index (χ3n) is 4.05. The van der Waals surface area contributed by atoms with Crippen molar-refractivity contribution in [2.24, 2.45) is 11.5 Å². The van der Waals surface area contributed by atoms with Crippen LogP contribution in [0.5, 0.6) is 0 Å². The summed E-state index contributed by atoms with van der Waals surface area (Å²) in [7, 11) is 0. The van der Waals surface area contributed by atoms with Gasteiger partial charge < -0.3 is 27.0 Å². The van der Waals surface area contributed by atoms with Crippen LogP contribution in [-0.4, -0.2) is 40.8 Å². The van der Waals surface area contributed by atoms with E-state index in [2.05, 4.69) is 5.32 Å². The van der Waals surface area contributed by atoms with E-state index >= 15 is 0 Å². The topological polar surface area (TPSA) is 139 Å². The van der Waals surface area contributed by atoms with Gasteiger partial charge in [-0.3, -0.25) is 9.59 Å². The number of carboxylic acid groups (broad SMARTS) is 2. The van der Waals surface area contributed by atoms with Crippen molar-refractivity contribution in [1.82, 2.24) is 5.32 Å². The van der Waals surface area contributed by atoms with E-state index < -0.39 is 18.0 Å². The zero-order chi connectivity index (χ0) is 20.8. The minimum atomic E-state index is -0.959. The molecule has 3 rings (SSSR count). The number of nitrogens with two attached hydrogens (primary N) is 2. The number of hydrogen-bond donors (Lipinski definition) is 5. The van der Waals surface area contributed by atoms with E-state index in [1.165, 1.54) is 5.56 Å². The van der Waals surface area contributed by atoms with Crippen LogP contribution in [0.4, 0.5) is 0 Å². The van der Waals surface area contributed by atoms with Crippen LogP contribution in [0.3, 0.4) is 0 Å². The van der Waals surface area contributed by atoms with Gasteiger partial charge in [0.1, 0.15) is 12.1 Å². The second-order valence-corrected chi connectivity index (χ2v) is 6.31. The summed E-state index contributed by atoms with van der Waals surface area (Å²) >= 11 is 0. The highest BCUT2D eigenvalue weighted by atomic mass is 16.4. The smallest absolute Gasteiger partial charge is 0.320 e. The zero-order valence-electron chi connectivity index (χ0n) is 15.8. The molecule has 1 aliphatic heterocycles. The fraction of sp³-hybridized carbons (Fsp3) is 0.333. The van der Waals surface area contributed by atoms with Crippen LogP contribution >= 0.6 is 0 Å². The number of rotatable bonds is 5. The van der Waals surface area contributed by atoms with Crippen molar-refractivity contribution in [3.8, 4) is 0 Å². The lowest BCUT2D eigenvalue weighted by atomic mass is 10.1. The van der Waals surface area contributed by atoms with Gasteiger partial charge >= 0.3 is 11.9 Å². The molecule has 0 aliphatic carbocycles. The van der Waals surface area contributed by atoms with E-state index in [0.29, 0.717) is 13.0 Å². The third-order valence-corrected chi connectivity index (χ3v) is 4.05. The molecule has 7 nitrogen and oxygen atoms in total. The maximum atomic E-state index is 10.4. The van der Waals surface area contributed by atoms with Crippen molar-refractivity contribution >= 4 is 11.9 Å². The van der Waals surface area contributed by atoms with Gasteiger partial charge in [-0.05, 0) is 36.9 Å². The Kier molecular flexibility index (Phi) is 11.2. The lowest BCUT2D eigenvalue weighted by molar-refractivity contribution is -0.139. The maximum absolute atomic E-state index is 10.4. The molecule has 7 heteroatoms. The summed E-state index contributed by atoms with van der Waals surface area (Å²) in [5.74, 6) is -1.68. The maximum Gasteiger partial charge on any atom is 0.320 e. The van der Waals surface area contributed by atoms with E-state index in [1.54, 1.807) is 0 Å². The van der Waals surface area contributed by atoms with Gasteiger partial charge in [0.2, 0.25) is 0 Å². The highest BCUT2D eigenvalue weighted by Gasteiger charge is 2.20. The molecule has 7 N–H and O–H groups in total. The summed E-state index contributed by atoms with van der Waals surface area (Å²) in [6.07, 6.45) is 2.17. The Hall–Kier alpha value is -2.74. The van der Waals surface area contributed by atoms with Gasteiger partial charge in [-0.15, -0.1) is 0 Å². The number of nitrogens with one attached hydrogen (secondary N) is 1. The Labute approximate surface area is 165 Å². The third kappa shape index (κ3) is 9.82. The molecule has 28 heavy (non-hydrogen) atoms. The van der Waals surface area contributed by atoms with Gasteiger partial charge in [-0.2, -0.15) is 0 Å². The molecule has 2 atom stereocenters. The Morgan fingerprint density at radius 2 is 1.54 bits per heavy atom. The molecule has 0 radical (unpaired) electrons. The molecular weight excluding hydrogens is 358 g/mol. The average molecular weight is 387 g/mol. The molecular formula is C21H29N3O4. The lowest BCUT2D eigenvalue weighted by Gasteiger charge is -2.04. The molecule has 2 aromatic carbocycles. The minimum absolute atomic E-state index is 0.269. The average Bonchev–Trinajstić information content (AvgIpc) is 3.26. The first-order valence-electron chi connectivity index (χ1n) is 9.16. The van der Waals surface area contributed by atoms with Crippen LogP contribution in [0, 0.1) is 0 Å². The quantitative estimate of drug-likeness (QED) is 0.525. The van der Waals surface area contributed by atoms with Crippen LogP contribution < -0.4 is 16.8 Å². The second-order valence-electron chi connectivity index (χ2n) is 6.31. The van der Waals surface area contributed by atoms with E-state index in [-0.39, 0.29) is 6.04 Å². The summed E-state index contributed by atoms with van der Waals surface area (Å²) in [6, 6.07) is 18.3. The summed E-state index contributed by atoms with van der Waals surface area (Å²) < 4.78 is 0. The Morgan fingerprint density at radius 3 is 1.86 bits per heavy atom. The number of hydrogen-bond acceptors (Lipinski definition) is 5. The van der Waals surface area contributed by atoms with Crippen LogP contribution in [-0.2, 0) is 22.6 Å². The predicted octanol–water partition coefficient (Wildman–Crippen LogP) is 1.61. The summed E-state index contributed by atoms with van der Waals surface area (Å²) in [4.78, 5) is 20.5. The first-order valence-corrected chi connectivity index (χ1v) is 9.16. The molecule has 1 heterocycles. The first-order chi connectivity index (χ1) is 13.4. The largest absolute Gasteiger partial charge is 0.480 e. The van der Waals surface area contributed by atoms with Crippen molar-refractivity contribution in [3.05, 3.63) is 71.8 Å². The fourth-order valence-corrected chi connectivity index (χ4v) is 2.46. The molecule has 1 saturated heterocycles. The molecule has 0 unspecified atom stereocenters. The van der Waals surface area contributed by atoms with Crippen LogP contribution in [0.25, 0.3) is 0 Å². The predicted molar refractivity (Wildman–Crippen MR) is 109 cm³/mol. The van der Waals surface area contributed by atoms with Gasteiger partial charge in [-0.1, -0.05) is 60.7 Å². The van der Waals surface area contributed by atoms with E-state index in [4.69, 9.17) is 21.7 Å². The lowest BCUT2D eigenvalue weighted by Crippen LogP contribution is -2.32. The number of carboxylic acids is 2. The number of aliphatic carboxylic acids is 2. The Balaban J connectivity index is 0.000000217. The Bertz CT molecular complexity index is 689. The zero-order valence-corrected chi connectivity index (χ0v) is 15.8. The van der Waals surface area contributed by atoms with E-state index in [1.807, 2.05) is 60.7 Å². The molecule has 0 amide bonds. The SMILES string of the molecule is NCc1ccccc1.N[C@@H](Cc1ccccc1)C(=O)O.O=C(O)[C@@H]1CCCN1. The molecule has 0 saturated carbocycles. The molecule has 0 aromatic heterocycles. The summed E-state index contributed by atoms with van der Waals surface area (Å²) in [5.41, 5.74) is 12.8. The van der Waals surface area contributed by atoms with Crippen molar-refractivity contribution in [2.45, 2.75) is 37.9 Å². The number of benzene rings is 2. The van der Waals surface area contributed by atoms with E-state index in [9.17, 15) is 9.59 Å². The van der Waals surface area contributed by atoms with Crippen LogP contribution in [0.2, 0.25) is 0 Å². The normalized spacial score (nSPS) is 16.0. The Morgan fingerprint density at radius 1 is 1.00 bits per heavy atom. The first kappa shape index (κ1) is 23.3. The van der Waals surface area contributed by atoms with Crippen molar-refractivity contribution in [1.29, 1.82) is 0 Å². The van der Waals surface area contributed by atoms with Gasteiger partial charge in [0.05, 0.1) is 0 Å². The van der Waals surface area contributed by atoms with Gasteiger partial charge in [0.15, 0.2) is 0 Å². The highest BCUT2D eigenvalue weighted by molar-refractivity contribution is 5.74. The van der Waals surface area contributed by atoms with Crippen molar-refractivity contribution in [2.75, 3.05) is 6.54 Å². The molecule has 0 spiro atoms. The molecule has 1 fully saturated rings. The molecule has 152 valence electrons. The minimum Gasteiger partial charge on any atom is -0.480 e. The second kappa shape index (κ2) is 13.4.